The zero-order chi connectivity index (χ0) is 11.7. The molecular weight excluding hydrogens is 222 g/mol. The van der Waals surface area contributed by atoms with Crippen LogP contribution in [0.3, 0.4) is 0 Å². The maximum Gasteiger partial charge on any atom is 0.120 e. The van der Waals surface area contributed by atoms with E-state index < -0.39 is 0 Å². The zero-order valence-corrected chi connectivity index (χ0v) is 10.1. The average Bonchev–Trinajstić information content (AvgIpc) is 2.61. The van der Waals surface area contributed by atoms with Gasteiger partial charge in [-0.05, 0) is 36.1 Å². The molecule has 0 amide bonds. The van der Waals surface area contributed by atoms with Crippen LogP contribution in [-0.4, -0.2) is 11.3 Å². The SMILES string of the molecule is Cc1c[nH]c2c(Cl)cc(C(C)CC=O)cc12. The van der Waals surface area contributed by atoms with Gasteiger partial charge in [0.05, 0.1) is 10.5 Å². The Morgan fingerprint density at radius 2 is 2.25 bits per heavy atom. The van der Waals surface area contributed by atoms with Crippen LogP contribution in [0.1, 0.15) is 30.4 Å². The lowest BCUT2D eigenvalue weighted by molar-refractivity contribution is -0.108. The number of rotatable bonds is 3. The van der Waals surface area contributed by atoms with Gasteiger partial charge in [0.1, 0.15) is 6.29 Å². The third kappa shape index (κ3) is 1.85. The number of aryl methyl sites for hydroxylation is 1. The Bertz CT molecular complexity index is 530. The molecule has 2 nitrogen and oxygen atoms in total. The number of aromatic amines is 1. The number of benzene rings is 1. The van der Waals surface area contributed by atoms with E-state index in [-0.39, 0.29) is 5.92 Å². The van der Waals surface area contributed by atoms with E-state index in [0.717, 1.165) is 27.8 Å². The number of H-pyrrole nitrogens is 1. The first-order valence-corrected chi connectivity index (χ1v) is 5.72. The van der Waals surface area contributed by atoms with E-state index >= 15 is 0 Å². The van der Waals surface area contributed by atoms with Gasteiger partial charge in [-0.1, -0.05) is 18.5 Å². The predicted octanol–water partition coefficient (Wildman–Crippen LogP) is 3.82. The highest BCUT2D eigenvalue weighted by Gasteiger charge is 2.10. The van der Waals surface area contributed by atoms with Gasteiger partial charge in [-0.15, -0.1) is 0 Å². The number of carbonyl (C=O) groups is 1. The van der Waals surface area contributed by atoms with E-state index in [0.29, 0.717) is 6.42 Å². The molecule has 1 aromatic heterocycles. The van der Waals surface area contributed by atoms with Gasteiger partial charge < -0.3 is 9.78 Å². The van der Waals surface area contributed by atoms with Crippen molar-refractivity contribution in [3.05, 3.63) is 34.5 Å². The number of aromatic nitrogens is 1. The maximum absolute atomic E-state index is 10.5. The van der Waals surface area contributed by atoms with Gasteiger partial charge in [-0.3, -0.25) is 0 Å². The number of hydrogen-bond acceptors (Lipinski definition) is 1. The van der Waals surface area contributed by atoms with Gasteiger partial charge in [-0.2, -0.15) is 0 Å². The fourth-order valence-corrected chi connectivity index (χ4v) is 2.19. The van der Waals surface area contributed by atoms with Crippen molar-refractivity contribution in [2.45, 2.75) is 26.2 Å². The van der Waals surface area contributed by atoms with Crippen LogP contribution in [0.4, 0.5) is 0 Å². The largest absolute Gasteiger partial charge is 0.360 e. The molecule has 0 bridgehead atoms. The Morgan fingerprint density at radius 1 is 1.50 bits per heavy atom. The summed E-state index contributed by atoms with van der Waals surface area (Å²) in [4.78, 5) is 13.7. The molecule has 0 aliphatic heterocycles. The lowest BCUT2D eigenvalue weighted by atomic mass is 9.96. The Morgan fingerprint density at radius 3 is 2.94 bits per heavy atom. The van der Waals surface area contributed by atoms with Crippen LogP contribution in [0.2, 0.25) is 5.02 Å². The number of fused-ring (bicyclic) bond motifs is 1. The molecule has 1 unspecified atom stereocenters. The molecular formula is C13H14ClNO. The normalized spacial score (nSPS) is 12.9. The first-order valence-electron chi connectivity index (χ1n) is 5.34. The molecule has 1 atom stereocenters. The van der Waals surface area contributed by atoms with E-state index in [1.54, 1.807) is 0 Å². The van der Waals surface area contributed by atoms with Gasteiger partial charge in [0.2, 0.25) is 0 Å². The van der Waals surface area contributed by atoms with Gasteiger partial charge in [-0.25, -0.2) is 0 Å². The summed E-state index contributed by atoms with van der Waals surface area (Å²) < 4.78 is 0. The van der Waals surface area contributed by atoms with Crippen molar-refractivity contribution in [2.24, 2.45) is 0 Å². The van der Waals surface area contributed by atoms with Crippen molar-refractivity contribution in [3.8, 4) is 0 Å². The van der Waals surface area contributed by atoms with Crippen molar-refractivity contribution < 1.29 is 4.79 Å². The van der Waals surface area contributed by atoms with Crippen molar-refractivity contribution in [2.75, 3.05) is 0 Å². The highest BCUT2D eigenvalue weighted by atomic mass is 35.5. The molecule has 0 spiro atoms. The molecule has 16 heavy (non-hydrogen) atoms. The minimum atomic E-state index is 0.216. The number of hydrogen-bond donors (Lipinski definition) is 1. The highest BCUT2D eigenvalue weighted by Crippen LogP contribution is 2.30. The van der Waals surface area contributed by atoms with Gasteiger partial charge in [0, 0.05) is 18.0 Å². The summed E-state index contributed by atoms with van der Waals surface area (Å²) in [5, 5.41) is 1.86. The highest BCUT2D eigenvalue weighted by molar-refractivity contribution is 6.35. The van der Waals surface area contributed by atoms with Crippen molar-refractivity contribution in [1.29, 1.82) is 0 Å². The second-order valence-electron chi connectivity index (χ2n) is 4.20. The molecule has 1 heterocycles. The smallest absolute Gasteiger partial charge is 0.120 e. The monoisotopic (exact) mass is 235 g/mol. The minimum absolute atomic E-state index is 0.216. The number of halogens is 1. The van der Waals surface area contributed by atoms with Crippen LogP contribution in [0.15, 0.2) is 18.3 Å². The first kappa shape index (κ1) is 11.2. The fourth-order valence-electron chi connectivity index (χ4n) is 1.91. The van der Waals surface area contributed by atoms with Crippen LogP contribution in [-0.2, 0) is 4.79 Å². The topological polar surface area (TPSA) is 32.9 Å². The summed E-state index contributed by atoms with van der Waals surface area (Å²) in [6, 6.07) is 4.05. The summed E-state index contributed by atoms with van der Waals surface area (Å²) in [7, 11) is 0. The molecule has 3 heteroatoms. The van der Waals surface area contributed by atoms with Gasteiger partial charge in [0.15, 0.2) is 0 Å². The molecule has 2 aromatic rings. The second kappa shape index (κ2) is 4.30. The van der Waals surface area contributed by atoms with Crippen LogP contribution in [0, 0.1) is 6.92 Å². The summed E-state index contributed by atoms with van der Waals surface area (Å²) in [6.07, 6.45) is 3.43. The van der Waals surface area contributed by atoms with E-state index in [1.165, 1.54) is 5.56 Å². The Balaban J connectivity index is 2.55. The van der Waals surface area contributed by atoms with Crippen LogP contribution < -0.4 is 0 Å². The summed E-state index contributed by atoms with van der Waals surface area (Å²) in [5.41, 5.74) is 3.27. The molecule has 1 aromatic carbocycles. The standard InChI is InChI=1S/C13H14ClNO/c1-8(3-4-16)10-5-11-9(2)7-15-13(11)12(14)6-10/h4-8,15H,3H2,1-2H3. The maximum atomic E-state index is 10.5. The summed E-state index contributed by atoms with van der Waals surface area (Å²) in [6.45, 7) is 4.08. The van der Waals surface area contributed by atoms with E-state index in [4.69, 9.17) is 11.6 Å². The molecule has 0 radical (unpaired) electrons. The van der Waals surface area contributed by atoms with E-state index in [1.807, 2.05) is 26.1 Å². The lowest BCUT2D eigenvalue weighted by Crippen LogP contribution is -1.94. The van der Waals surface area contributed by atoms with Crippen molar-refractivity contribution in [3.63, 3.8) is 0 Å². The molecule has 84 valence electrons. The number of aldehydes is 1. The molecule has 0 aliphatic rings. The van der Waals surface area contributed by atoms with Crippen LogP contribution in [0.25, 0.3) is 10.9 Å². The van der Waals surface area contributed by atoms with Crippen molar-refractivity contribution in [1.82, 2.24) is 4.98 Å². The summed E-state index contributed by atoms with van der Waals surface area (Å²) >= 11 is 6.20. The van der Waals surface area contributed by atoms with Gasteiger partial charge >= 0.3 is 0 Å². The number of carbonyl (C=O) groups excluding carboxylic acids is 1. The van der Waals surface area contributed by atoms with Gasteiger partial charge in [0.25, 0.3) is 0 Å². The zero-order valence-electron chi connectivity index (χ0n) is 9.38. The Kier molecular flexibility index (Phi) is 3.01. The fraction of sp³-hybridized carbons (Fsp3) is 0.308. The first-order chi connectivity index (χ1) is 7.63. The molecule has 0 saturated heterocycles. The molecule has 0 aliphatic carbocycles. The second-order valence-corrected chi connectivity index (χ2v) is 4.61. The average molecular weight is 236 g/mol. The summed E-state index contributed by atoms with van der Waals surface area (Å²) in [5.74, 6) is 0.216. The predicted molar refractivity (Wildman–Crippen MR) is 67.1 cm³/mol. The molecule has 0 saturated carbocycles. The molecule has 0 fully saturated rings. The van der Waals surface area contributed by atoms with E-state index in [9.17, 15) is 4.79 Å². The van der Waals surface area contributed by atoms with Crippen molar-refractivity contribution >= 4 is 28.8 Å². The molecule has 1 N–H and O–H groups in total. The minimum Gasteiger partial charge on any atom is -0.360 e. The Hall–Kier alpha value is -1.28. The van der Waals surface area contributed by atoms with Crippen LogP contribution >= 0.6 is 11.6 Å². The quantitative estimate of drug-likeness (QED) is 0.806. The third-order valence-electron chi connectivity index (χ3n) is 2.99. The third-order valence-corrected chi connectivity index (χ3v) is 3.29. The van der Waals surface area contributed by atoms with Crippen LogP contribution in [0.5, 0.6) is 0 Å². The number of nitrogens with one attached hydrogen (secondary N) is 1. The Labute approximate surface area is 99.6 Å². The lowest BCUT2D eigenvalue weighted by Gasteiger charge is -2.09. The van der Waals surface area contributed by atoms with E-state index in [2.05, 4.69) is 11.1 Å². The molecule has 2 rings (SSSR count).